The quantitative estimate of drug-likeness (QED) is 0.911. The number of carbonyl (C=O) groups is 1. The van der Waals surface area contributed by atoms with Gasteiger partial charge in [0.2, 0.25) is 0 Å². The average Bonchev–Trinajstić information content (AvgIpc) is 2.83. The Morgan fingerprint density at radius 2 is 2.24 bits per heavy atom. The van der Waals surface area contributed by atoms with Crippen LogP contribution >= 0.6 is 11.3 Å². The third-order valence-corrected chi connectivity index (χ3v) is 4.27. The van der Waals surface area contributed by atoms with Crippen LogP contribution in [0.5, 0.6) is 0 Å². The van der Waals surface area contributed by atoms with E-state index in [0.29, 0.717) is 21.3 Å². The minimum Gasteiger partial charge on any atom is -0.382 e. The van der Waals surface area contributed by atoms with Crippen LogP contribution in [-0.2, 0) is 0 Å². The van der Waals surface area contributed by atoms with E-state index in [4.69, 9.17) is 5.73 Å². The van der Waals surface area contributed by atoms with E-state index >= 15 is 0 Å². The number of aromatic nitrogens is 1. The maximum absolute atomic E-state index is 13.1. The van der Waals surface area contributed by atoms with Crippen LogP contribution in [0.4, 0.5) is 21.0 Å². The van der Waals surface area contributed by atoms with Crippen molar-refractivity contribution >= 4 is 33.9 Å². The predicted molar refractivity (Wildman–Crippen MR) is 84.6 cm³/mol. The lowest BCUT2D eigenvalue weighted by Crippen LogP contribution is -2.15. The number of hydrogen-bond acceptors (Lipinski definition) is 5. The Labute approximate surface area is 126 Å². The maximum atomic E-state index is 13.1. The van der Waals surface area contributed by atoms with Gasteiger partial charge in [0, 0.05) is 19.3 Å². The monoisotopic (exact) mass is 308 g/mol. The van der Waals surface area contributed by atoms with Gasteiger partial charge in [-0.15, -0.1) is 0 Å². The Morgan fingerprint density at radius 1 is 1.52 bits per heavy atom. The van der Waals surface area contributed by atoms with Gasteiger partial charge in [-0.25, -0.2) is 9.37 Å². The van der Waals surface area contributed by atoms with Gasteiger partial charge in [0.1, 0.15) is 16.5 Å². The van der Waals surface area contributed by atoms with Crippen molar-refractivity contribution in [3.63, 3.8) is 0 Å². The Morgan fingerprint density at radius 3 is 2.86 bits per heavy atom. The molecule has 1 aromatic heterocycles. The Kier molecular flexibility index (Phi) is 4.42. The number of halogens is 1. The summed E-state index contributed by atoms with van der Waals surface area (Å²) >= 11 is 1.23. The fourth-order valence-corrected chi connectivity index (χ4v) is 2.63. The van der Waals surface area contributed by atoms with Gasteiger partial charge in [0.05, 0.1) is 0 Å². The smallest absolute Gasteiger partial charge is 0.269 e. The number of amides is 1. The van der Waals surface area contributed by atoms with E-state index < -0.39 is 0 Å². The summed E-state index contributed by atoms with van der Waals surface area (Å²) in [7, 11) is 1.88. The summed E-state index contributed by atoms with van der Waals surface area (Å²) in [4.78, 5) is 18.7. The van der Waals surface area contributed by atoms with Crippen molar-refractivity contribution in [2.24, 2.45) is 0 Å². The molecule has 0 saturated heterocycles. The van der Waals surface area contributed by atoms with Crippen molar-refractivity contribution in [3.05, 3.63) is 34.5 Å². The highest BCUT2D eigenvalue weighted by Gasteiger charge is 2.18. The normalized spacial score (nSPS) is 10.5. The van der Waals surface area contributed by atoms with Gasteiger partial charge in [-0.1, -0.05) is 11.3 Å². The van der Waals surface area contributed by atoms with E-state index in [1.165, 1.54) is 29.5 Å². The zero-order valence-corrected chi connectivity index (χ0v) is 12.9. The molecule has 0 aliphatic rings. The minimum absolute atomic E-state index is 0.201. The molecule has 0 fully saturated rings. The molecule has 1 amide bonds. The largest absolute Gasteiger partial charge is 0.382 e. The highest BCUT2D eigenvalue weighted by molar-refractivity contribution is 7.18. The molecule has 0 bridgehead atoms. The van der Waals surface area contributed by atoms with E-state index in [2.05, 4.69) is 10.3 Å². The first-order valence-corrected chi connectivity index (χ1v) is 7.29. The predicted octanol–water partition coefficient (Wildman–Crippen LogP) is 2.88. The van der Waals surface area contributed by atoms with Gasteiger partial charge >= 0.3 is 0 Å². The number of nitrogens with two attached hydrogens (primary N) is 1. The second kappa shape index (κ2) is 6.09. The highest BCUT2D eigenvalue weighted by Crippen LogP contribution is 2.28. The molecular weight excluding hydrogens is 291 g/mol. The molecule has 0 unspecified atom stereocenters. The van der Waals surface area contributed by atoms with Crippen LogP contribution in [0.25, 0.3) is 0 Å². The lowest BCUT2D eigenvalue weighted by atomic mass is 10.2. The number of nitrogens with zero attached hydrogens (tertiary/aromatic N) is 2. The molecule has 2 aromatic rings. The summed E-state index contributed by atoms with van der Waals surface area (Å²) in [6, 6.07) is 4.19. The standard InChI is InChI=1S/C14H17FN4OS/c1-4-19(3)14-18-12(16)11(21-14)13(20)17-10-6-5-9(15)7-8(10)2/h5-7H,4,16H2,1-3H3,(H,17,20). The van der Waals surface area contributed by atoms with E-state index in [9.17, 15) is 9.18 Å². The third-order valence-electron chi connectivity index (χ3n) is 3.09. The van der Waals surface area contributed by atoms with Crippen LogP contribution in [0.2, 0.25) is 0 Å². The molecule has 0 radical (unpaired) electrons. The van der Waals surface area contributed by atoms with Gasteiger partial charge in [-0.05, 0) is 37.6 Å². The molecule has 0 saturated carbocycles. The molecule has 21 heavy (non-hydrogen) atoms. The molecule has 2 rings (SSSR count). The van der Waals surface area contributed by atoms with E-state index in [1.54, 1.807) is 6.92 Å². The van der Waals surface area contributed by atoms with Crippen molar-refractivity contribution in [1.29, 1.82) is 0 Å². The number of thiazole rings is 1. The molecule has 5 nitrogen and oxygen atoms in total. The first-order chi connectivity index (χ1) is 9.92. The molecule has 112 valence electrons. The molecule has 0 aliphatic heterocycles. The van der Waals surface area contributed by atoms with Crippen LogP contribution < -0.4 is 16.0 Å². The first-order valence-electron chi connectivity index (χ1n) is 6.47. The van der Waals surface area contributed by atoms with Crippen LogP contribution in [0.1, 0.15) is 22.2 Å². The number of benzene rings is 1. The Hall–Kier alpha value is -2.15. The van der Waals surface area contributed by atoms with Crippen molar-refractivity contribution in [2.45, 2.75) is 13.8 Å². The SMILES string of the molecule is CCN(C)c1nc(N)c(C(=O)Nc2ccc(F)cc2C)s1. The topological polar surface area (TPSA) is 71.2 Å². The van der Waals surface area contributed by atoms with Gasteiger partial charge in [-0.3, -0.25) is 4.79 Å². The molecule has 0 atom stereocenters. The average molecular weight is 308 g/mol. The Bertz CT molecular complexity index is 671. The molecule has 7 heteroatoms. The summed E-state index contributed by atoms with van der Waals surface area (Å²) in [6.45, 7) is 4.48. The van der Waals surface area contributed by atoms with Crippen LogP contribution in [-0.4, -0.2) is 24.5 Å². The molecule has 0 spiro atoms. The number of nitrogen functional groups attached to an aromatic ring is 1. The lowest BCUT2D eigenvalue weighted by Gasteiger charge is -2.11. The van der Waals surface area contributed by atoms with Crippen LogP contribution in [0.3, 0.4) is 0 Å². The van der Waals surface area contributed by atoms with Crippen molar-refractivity contribution in [1.82, 2.24) is 4.98 Å². The first kappa shape index (κ1) is 15.2. The second-order valence-electron chi connectivity index (χ2n) is 4.64. The summed E-state index contributed by atoms with van der Waals surface area (Å²) in [5.41, 5.74) is 7.01. The number of rotatable bonds is 4. The molecule has 1 aromatic carbocycles. The van der Waals surface area contributed by atoms with Gasteiger partial charge in [0.15, 0.2) is 5.13 Å². The summed E-state index contributed by atoms with van der Waals surface area (Å²) < 4.78 is 13.1. The van der Waals surface area contributed by atoms with Gasteiger partial charge in [0.25, 0.3) is 5.91 Å². The highest BCUT2D eigenvalue weighted by atomic mass is 32.1. The summed E-state index contributed by atoms with van der Waals surface area (Å²) in [5.74, 6) is -0.474. The Balaban J connectivity index is 2.22. The summed E-state index contributed by atoms with van der Waals surface area (Å²) in [5, 5.41) is 3.42. The number of hydrogen-bond donors (Lipinski definition) is 2. The summed E-state index contributed by atoms with van der Waals surface area (Å²) in [6.07, 6.45) is 0. The number of carbonyl (C=O) groups excluding carboxylic acids is 1. The number of anilines is 3. The fraction of sp³-hybridized carbons (Fsp3) is 0.286. The van der Waals surface area contributed by atoms with Crippen molar-refractivity contribution < 1.29 is 9.18 Å². The minimum atomic E-state index is -0.338. The zero-order chi connectivity index (χ0) is 15.6. The lowest BCUT2D eigenvalue weighted by molar-refractivity contribution is 0.103. The molecular formula is C14H17FN4OS. The van der Waals surface area contributed by atoms with Gasteiger partial charge < -0.3 is 16.0 Å². The molecule has 0 aliphatic carbocycles. The van der Waals surface area contributed by atoms with Crippen molar-refractivity contribution in [3.8, 4) is 0 Å². The number of nitrogens with one attached hydrogen (secondary N) is 1. The van der Waals surface area contributed by atoms with E-state index in [-0.39, 0.29) is 17.5 Å². The zero-order valence-electron chi connectivity index (χ0n) is 12.1. The van der Waals surface area contributed by atoms with Crippen molar-refractivity contribution in [2.75, 3.05) is 29.5 Å². The van der Waals surface area contributed by atoms with Crippen LogP contribution in [0, 0.1) is 12.7 Å². The van der Waals surface area contributed by atoms with E-state index in [1.807, 2.05) is 18.9 Å². The van der Waals surface area contributed by atoms with E-state index in [0.717, 1.165) is 6.54 Å². The fourth-order valence-electron chi connectivity index (χ4n) is 1.73. The molecule has 1 heterocycles. The third kappa shape index (κ3) is 3.30. The van der Waals surface area contributed by atoms with Crippen LogP contribution in [0.15, 0.2) is 18.2 Å². The van der Waals surface area contributed by atoms with Gasteiger partial charge in [-0.2, -0.15) is 0 Å². The second-order valence-corrected chi connectivity index (χ2v) is 5.62. The number of aryl methyl sites for hydroxylation is 1. The molecule has 3 N–H and O–H groups in total. The maximum Gasteiger partial charge on any atom is 0.269 e.